The van der Waals surface area contributed by atoms with Crippen LogP contribution in [0.25, 0.3) is 21.8 Å². The summed E-state index contributed by atoms with van der Waals surface area (Å²) in [7, 11) is 3.56. The van der Waals surface area contributed by atoms with Crippen molar-refractivity contribution in [2.24, 2.45) is 25.9 Å². The summed E-state index contributed by atoms with van der Waals surface area (Å²) in [5, 5.41) is 15.6. The number of likely N-dealkylation sites (tertiary alicyclic amines) is 1. The third kappa shape index (κ3) is 7.44. The van der Waals surface area contributed by atoms with Gasteiger partial charge in [0.25, 0.3) is 5.56 Å². The molecule has 3 N–H and O–H groups in total. The second kappa shape index (κ2) is 15.5. The fourth-order valence-corrected chi connectivity index (χ4v) is 10.2. The van der Waals surface area contributed by atoms with Crippen molar-refractivity contribution in [3.63, 3.8) is 0 Å². The number of pyridine rings is 1. The van der Waals surface area contributed by atoms with E-state index in [1.165, 1.54) is 10.1 Å². The minimum atomic E-state index is -3.13. The van der Waals surface area contributed by atoms with Crippen molar-refractivity contribution in [1.29, 1.82) is 0 Å². The second-order valence-electron chi connectivity index (χ2n) is 17.6. The number of nitrogens with one attached hydrogen (secondary N) is 3. The monoisotopic (exact) mass is 854 g/mol. The lowest BCUT2D eigenvalue weighted by atomic mass is 9.86. The van der Waals surface area contributed by atoms with Crippen LogP contribution in [0.5, 0.6) is 5.75 Å². The molecule has 5 aliphatic rings. The average molecular weight is 855 g/mol. The van der Waals surface area contributed by atoms with Gasteiger partial charge in [-0.3, -0.25) is 24.4 Å². The van der Waals surface area contributed by atoms with Crippen LogP contribution >= 0.6 is 11.6 Å². The fraction of sp³-hybridized carbons (Fsp3) is 0.500. The van der Waals surface area contributed by atoms with Gasteiger partial charge < -0.3 is 29.7 Å². The number of amides is 2. The molecular weight excluding hydrogens is 806 g/mol. The maximum atomic E-state index is 15.2. The van der Waals surface area contributed by atoms with Gasteiger partial charge in [0, 0.05) is 56.6 Å². The van der Waals surface area contributed by atoms with Gasteiger partial charge in [0.1, 0.15) is 5.02 Å². The summed E-state index contributed by atoms with van der Waals surface area (Å²) in [5.41, 5.74) is 4.12. The third-order valence-electron chi connectivity index (χ3n) is 13.5. The van der Waals surface area contributed by atoms with Crippen molar-refractivity contribution in [3.05, 3.63) is 69.2 Å². The highest BCUT2D eigenvalue weighted by atomic mass is 35.5. The van der Waals surface area contributed by atoms with Crippen LogP contribution in [-0.4, -0.2) is 92.3 Å². The van der Waals surface area contributed by atoms with Crippen LogP contribution in [-0.2, 0) is 23.7 Å². The summed E-state index contributed by atoms with van der Waals surface area (Å²) in [6.45, 7) is 3.84. The molecule has 61 heavy (non-hydrogen) atoms. The third-order valence-corrected chi connectivity index (χ3v) is 13.8. The summed E-state index contributed by atoms with van der Waals surface area (Å²) in [6, 6.07) is 10.6. The zero-order valence-corrected chi connectivity index (χ0v) is 35.0. The van der Waals surface area contributed by atoms with Gasteiger partial charge >= 0.3 is 5.92 Å². The Morgan fingerprint density at radius 3 is 2.51 bits per heavy atom. The van der Waals surface area contributed by atoms with Crippen molar-refractivity contribution in [1.82, 2.24) is 34.5 Å². The molecule has 1 saturated carbocycles. The predicted molar refractivity (Wildman–Crippen MR) is 229 cm³/mol. The minimum absolute atomic E-state index is 0.104. The van der Waals surface area contributed by atoms with Crippen LogP contribution in [0.2, 0.25) is 5.02 Å². The van der Waals surface area contributed by atoms with Crippen molar-refractivity contribution in [3.8, 4) is 5.75 Å². The van der Waals surface area contributed by atoms with Crippen molar-refractivity contribution < 1.29 is 23.1 Å². The number of benzene rings is 2. The van der Waals surface area contributed by atoms with Crippen LogP contribution in [0.1, 0.15) is 74.5 Å². The number of anilines is 4. The molecule has 1 aliphatic carbocycles. The lowest BCUT2D eigenvalue weighted by Gasteiger charge is -2.38. The molecule has 7 heterocycles. The SMILES string of the molecule is Cn1nc(C2CCC(=O)NC2=O)c2cccc(C3CCN(CC4CCN(c5ncc(Cl)c(Nc6ccc7c(c6)c6c(c(=O)n7C)OCC(F)(F)[C@H](C7CC7)N6)n5)CC4)CC3)c21. The number of aryl methyl sites for hydroxylation is 2. The maximum absolute atomic E-state index is 15.2. The molecule has 3 saturated heterocycles. The van der Waals surface area contributed by atoms with Crippen LogP contribution < -0.4 is 31.1 Å². The number of imide groups is 1. The Morgan fingerprint density at radius 2 is 1.75 bits per heavy atom. The topological polar surface area (TPSA) is 152 Å². The molecule has 4 fully saturated rings. The van der Waals surface area contributed by atoms with Gasteiger partial charge in [-0.05, 0) is 99.6 Å². The summed E-state index contributed by atoms with van der Waals surface area (Å²) < 4.78 is 39.2. The van der Waals surface area contributed by atoms with E-state index in [9.17, 15) is 14.4 Å². The van der Waals surface area contributed by atoms with E-state index in [-0.39, 0.29) is 29.2 Å². The number of rotatable bonds is 8. The standard InChI is InChI=1S/C44H49ClF2N10O4/c1-54-33-10-8-27(20-31(33)36-38(42(54)60)61-23-44(46,47)39(51-36)26-6-7-26)49-40-32(45)21-48-43(52-40)57-18-12-24(13-19-57)22-56-16-14-25(15-17-56)28-4-3-5-29-35(53-55(2)37(28)29)30-9-11-34(58)50-41(30)59/h3-5,8,10,20-21,24-26,30,39,51H,6-7,9,11-19,22-23H2,1-2H3,(H,48,49,52)(H,50,58,59)/t30?,39-/m0/s1. The van der Waals surface area contributed by atoms with Crippen LogP contribution in [0.15, 0.2) is 47.4 Å². The van der Waals surface area contributed by atoms with Gasteiger partial charge in [-0.2, -0.15) is 10.1 Å². The highest BCUT2D eigenvalue weighted by Crippen LogP contribution is 2.46. The van der Waals surface area contributed by atoms with Crippen molar-refractivity contribution >= 4 is 68.4 Å². The van der Waals surface area contributed by atoms with Gasteiger partial charge in [0.15, 0.2) is 12.4 Å². The summed E-state index contributed by atoms with van der Waals surface area (Å²) in [4.78, 5) is 52.0. The lowest BCUT2D eigenvalue weighted by Crippen LogP contribution is -2.44. The zero-order chi connectivity index (χ0) is 42.2. The van der Waals surface area contributed by atoms with E-state index in [0.29, 0.717) is 70.9 Å². The molecule has 0 bridgehead atoms. The lowest BCUT2D eigenvalue weighted by molar-refractivity contribution is -0.134. The summed E-state index contributed by atoms with van der Waals surface area (Å²) in [6.07, 6.45) is 7.92. The molecule has 14 nitrogen and oxygen atoms in total. The number of aromatic nitrogens is 5. The van der Waals surface area contributed by atoms with Gasteiger partial charge in [-0.15, -0.1) is 0 Å². The van der Waals surface area contributed by atoms with E-state index >= 15 is 8.78 Å². The second-order valence-corrected chi connectivity index (χ2v) is 18.0. The Kier molecular flexibility index (Phi) is 10.1. The van der Waals surface area contributed by atoms with Crippen LogP contribution in [0.4, 0.5) is 31.9 Å². The molecule has 5 aromatic rings. The van der Waals surface area contributed by atoms with Crippen molar-refractivity contribution in [2.45, 2.75) is 75.2 Å². The van der Waals surface area contributed by atoms with E-state index in [2.05, 4.69) is 42.9 Å². The Hall–Kier alpha value is -5.35. The first-order valence-corrected chi connectivity index (χ1v) is 21.8. The van der Waals surface area contributed by atoms with Crippen molar-refractivity contribution in [2.75, 3.05) is 54.9 Å². The largest absolute Gasteiger partial charge is 0.480 e. The van der Waals surface area contributed by atoms with E-state index in [0.717, 1.165) is 75.0 Å². The Morgan fingerprint density at radius 1 is 0.967 bits per heavy atom. The molecule has 0 radical (unpaired) electrons. The van der Waals surface area contributed by atoms with E-state index in [1.807, 2.05) is 29.9 Å². The first-order chi connectivity index (χ1) is 29.4. The number of carbonyl (C=O) groups excluding carboxylic acids is 2. The molecule has 10 rings (SSSR count). The summed E-state index contributed by atoms with van der Waals surface area (Å²) >= 11 is 6.64. The highest BCUT2D eigenvalue weighted by Gasteiger charge is 2.51. The molecule has 2 atom stereocenters. The molecule has 0 spiro atoms. The van der Waals surface area contributed by atoms with Gasteiger partial charge in [0.05, 0.1) is 40.6 Å². The minimum Gasteiger partial charge on any atom is -0.480 e. The normalized spacial score (nSPS) is 22.7. The smallest absolute Gasteiger partial charge is 0.301 e. The first kappa shape index (κ1) is 39.8. The molecule has 17 heteroatoms. The summed E-state index contributed by atoms with van der Waals surface area (Å²) in [5.74, 6) is -2.37. The first-order valence-electron chi connectivity index (χ1n) is 21.4. The highest BCUT2D eigenvalue weighted by molar-refractivity contribution is 6.33. The van der Waals surface area contributed by atoms with E-state index in [1.54, 1.807) is 19.3 Å². The van der Waals surface area contributed by atoms with Gasteiger partial charge in [0.2, 0.25) is 23.5 Å². The number of para-hydroxylation sites is 1. The van der Waals surface area contributed by atoms with E-state index in [4.69, 9.17) is 26.4 Å². The predicted octanol–water partition coefficient (Wildman–Crippen LogP) is 6.45. The number of hydrogen-bond donors (Lipinski definition) is 3. The number of halogens is 3. The zero-order valence-electron chi connectivity index (χ0n) is 34.2. The molecule has 3 aromatic heterocycles. The molecule has 320 valence electrons. The Balaban J connectivity index is 0.777. The van der Waals surface area contributed by atoms with E-state index < -0.39 is 30.0 Å². The quantitative estimate of drug-likeness (QED) is 0.148. The molecular formula is C44H49ClF2N10O4. The van der Waals surface area contributed by atoms with Crippen LogP contribution in [0, 0.1) is 11.8 Å². The van der Waals surface area contributed by atoms with Gasteiger partial charge in [-0.1, -0.05) is 29.8 Å². The molecule has 2 aromatic carbocycles. The fourth-order valence-electron chi connectivity index (χ4n) is 10.1. The molecule has 2 amide bonds. The number of alkyl halides is 2. The van der Waals surface area contributed by atoms with Gasteiger partial charge in [-0.25, -0.2) is 13.8 Å². The number of piperidine rings is 3. The molecule has 4 aliphatic heterocycles. The van der Waals surface area contributed by atoms with Crippen LogP contribution in [0.3, 0.4) is 0 Å². The number of hydrogen-bond acceptors (Lipinski definition) is 11. The number of nitrogens with zero attached hydrogens (tertiary/aromatic N) is 7. The Bertz CT molecular complexity index is 2610. The maximum Gasteiger partial charge on any atom is 0.301 e. The average Bonchev–Trinajstić information content (AvgIpc) is 4.05. The molecule has 1 unspecified atom stereocenters. The number of ether oxygens (including phenoxy) is 1. The Labute approximate surface area is 356 Å². The number of fused-ring (bicyclic) bond motifs is 4. The number of carbonyl (C=O) groups is 2.